The number of hydrogen-bond acceptors (Lipinski definition) is 3. The van der Waals surface area contributed by atoms with Gasteiger partial charge in [-0.2, -0.15) is 0 Å². The van der Waals surface area contributed by atoms with Gasteiger partial charge >= 0.3 is 0 Å². The summed E-state index contributed by atoms with van der Waals surface area (Å²) in [6.45, 7) is 5.51. The molecule has 2 aliphatic heterocycles. The number of fused-ring (bicyclic) bond motifs is 1. The minimum Gasteiger partial charge on any atom is -0.384 e. The first-order valence-electron chi connectivity index (χ1n) is 7.42. The van der Waals surface area contributed by atoms with Crippen LogP contribution in [-0.2, 0) is 17.7 Å². The number of anilines is 1. The maximum atomic E-state index is 5.31. The van der Waals surface area contributed by atoms with Crippen molar-refractivity contribution in [3.63, 3.8) is 0 Å². The van der Waals surface area contributed by atoms with Crippen molar-refractivity contribution in [3.05, 3.63) is 29.3 Å². The molecule has 0 amide bonds. The number of nitrogens with zero attached hydrogens (tertiary/aromatic N) is 1. The highest BCUT2D eigenvalue weighted by molar-refractivity contribution is 5.56. The largest absolute Gasteiger partial charge is 0.384 e. The number of ether oxygens (including phenoxy) is 1. The Morgan fingerprint density at radius 2 is 2.37 bits per heavy atom. The van der Waals surface area contributed by atoms with Crippen molar-refractivity contribution in [2.75, 3.05) is 38.7 Å². The van der Waals surface area contributed by atoms with Gasteiger partial charge in [0.15, 0.2) is 0 Å². The molecule has 1 fully saturated rings. The van der Waals surface area contributed by atoms with Crippen LogP contribution >= 0.6 is 0 Å². The Hall–Kier alpha value is -1.06. The SMILES string of the molecule is COCC1CCCN(Cc2ccc3c(c2)CCN3)C1. The second kappa shape index (κ2) is 5.93. The molecule has 1 aromatic rings. The van der Waals surface area contributed by atoms with Crippen LogP contribution in [0.15, 0.2) is 18.2 Å². The van der Waals surface area contributed by atoms with Crippen molar-refractivity contribution in [2.45, 2.75) is 25.8 Å². The fraction of sp³-hybridized carbons (Fsp3) is 0.625. The maximum absolute atomic E-state index is 5.31. The van der Waals surface area contributed by atoms with Crippen LogP contribution in [0.5, 0.6) is 0 Å². The van der Waals surface area contributed by atoms with Crippen LogP contribution in [0.4, 0.5) is 5.69 Å². The minimum absolute atomic E-state index is 0.717. The van der Waals surface area contributed by atoms with Crippen LogP contribution in [0, 0.1) is 5.92 Å². The molecule has 3 heteroatoms. The molecular formula is C16H24N2O. The van der Waals surface area contributed by atoms with Gasteiger partial charge in [0.1, 0.15) is 0 Å². The molecule has 1 atom stereocenters. The van der Waals surface area contributed by atoms with Crippen molar-refractivity contribution < 1.29 is 4.74 Å². The summed E-state index contributed by atoms with van der Waals surface area (Å²) in [7, 11) is 1.81. The number of likely N-dealkylation sites (tertiary alicyclic amines) is 1. The van der Waals surface area contributed by atoms with E-state index in [9.17, 15) is 0 Å². The third-order valence-electron chi connectivity index (χ3n) is 4.29. The molecule has 1 saturated heterocycles. The molecule has 0 aliphatic carbocycles. The number of nitrogens with one attached hydrogen (secondary N) is 1. The Morgan fingerprint density at radius 3 is 3.26 bits per heavy atom. The lowest BCUT2D eigenvalue weighted by Crippen LogP contribution is -2.36. The predicted octanol–water partition coefficient (Wildman–Crippen LogP) is 2.51. The van der Waals surface area contributed by atoms with Crippen molar-refractivity contribution in [2.24, 2.45) is 5.92 Å². The molecule has 0 radical (unpaired) electrons. The van der Waals surface area contributed by atoms with Gasteiger partial charge in [-0.25, -0.2) is 0 Å². The van der Waals surface area contributed by atoms with Gasteiger partial charge in [-0.05, 0) is 48.9 Å². The third kappa shape index (κ3) is 3.10. The molecule has 0 spiro atoms. The van der Waals surface area contributed by atoms with E-state index in [0.29, 0.717) is 0 Å². The van der Waals surface area contributed by atoms with Crippen LogP contribution in [-0.4, -0.2) is 38.3 Å². The van der Waals surface area contributed by atoms with E-state index in [-0.39, 0.29) is 0 Å². The lowest BCUT2D eigenvalue weighted by Gasteiger charge is -2.32. The summed E-state index contributed by atoms with van der Waals surface area (Å²) in [5.41, 5.74) is 4.28. The van der Waals surface area contributed by atoms with Gasteiger partial charge in [0, 0.05) is 32.4 Å². The molecule has 2 heterocycles. The average molecular weight is 260 g/mol. The Morgan fingerprint density at radius 1 is 1.42 bits per heavy atom. The molecule has 2 aliphatic rings. The summed E-state index contributed by atoms with van der Waals surface area (Å²) >= 11 is 0. The zero-order valence-corrected chi connectivity index (χ0v) is 11.8. The van der Waals surface area contributed by atoms with Crippen molar-refractivity contribution >= 4 is 5.69 Å². The molecule has 0 saturated carbocycles. The number of rotatable bonds is 4. The minimum atomic E-state index is 0.717. The Kier molecular flexibility index (Phi) is 4.04. The first-order valence-corrected chi connectivity index (χ1v) is 7.42. The second-order valence-corrected chi connectivity index (χ2v) is 5.87. The quantitative estimate of drug-likeness (QED) is 0.900. The second-order valence-electron chi connectivity index (χ2n) is 5.87. The van der Waals surface area contributed by atoms with Gasteiger partial charge in [-0.1, -0.05) is 12.1 Å². The highest BCUT2D eigenvalue weighted by Gasteiger charge is 2.20. The smallest absolute Gasteiger partial charge is 0.0502 e. The van der Waals surface area contributed by atoms with E-state index in [1.165, 1.54) is 49.2 Å². The van der Waals surface area contributed by atoms with E-state index in [1.54, 1.807) is 0 Å². The van der Waals surface area contributed by atoms with Gasteiger partial charge in [0.05, 0.1) is 6.61 Å². The number of piperidine rings is 1. The summed E-state index contributed by atoms with van der Waals surface area (Å²) in [4.78, 5) is 2.58. The molecule has 1 N–H and O–H groups in total. The van der Waals surface area contributed by atoms with Gasteiger partial charge in [0.2, 0.25) is 0 Å². The van der Waals surface area contributed by atoms with Gasteiger partial charge in [-0.3, -0.25) is 4.90 Å². The fourth-order valence-corrected chi connectivity index (χ4v) is 3.38. The monoisotopic (exact) mass is 260 g/mol. The molecule has 3 rings (SSSR count). The molecule has 0 aromatic heterocycles. The Labute approximate surface area is 115 Å². The zero-order chi connectivity index (χ0) is 13.1. The molecule has 104 valence electrons. The maximum Gasteiger partial charge on any atom is 0.0502 e. The van der Waals surface area contributed by atoms with Crippen LogP contribution in [0.25, 0.3) is 0 Å². The Balaban J connectivity index is 1.61. The first-order chi connectivity index (χ1) is 9.35. The summed E-state index contributed by atoms with van der Waals surface area (Å²) in [5.74, 6) is 0.717. The lowest BCUT2D eigenvalue weighted by molar-refractivity contribution is 0.0874. The van der Waals surface area contributed by atoms with E-state index in [0.717, 1.165) is 25.6 Å². The van der Waals surface area contributed by atoms with E-state index in [1.807, 2.05) is 7.11 Å². The Bertz CT molecular complexity index is 431. The van der Waals surface area contributed by atoms with Crippen molar-refractivity contribution in [3.8, 4) is 0 Å². The van der Waals surface area contributed by atoms with Crippen LogP contribution in [0.1, 0.15) is 24.0 Å². The molecule has 3 nitrogen and oxygen atoms in total. The highest BCUT2D eigenvalue weighted by atomic mass is 16.5. The van der Waals surface area contributed by atoms with Crippen LogP contribution in [0.3, 0.4) is 0 Å². The summed E-state index contributed by atoms with van der Waals surface area (Å²) in [6, 6.07) is 6.90. The molecule has 1 aromatic carbocycles. The van der Waals surface area contributed by atoms with E-state index >= 15 is 0 Å². The summed E-state index contributed by atoms with van der Waals surface area (Å²) in [6.07, 6.45) is 3.80. The van der Waals surface area contributed by atoms with E-state index in [4.69, 9.17) is 4.74 Å². The number of hydrogen-bond donors (Lipinski definition) is 1. The highest BCUT2D eigenvalue weighted by Crippen LogP contribution is 2.25. The topological polar surface area (TPSA) is 24.5 Å². The lowest BCUT2D eigenvalue weighted by atomic mass is 9.98. The summed E-state index contributed by atoms with van der Waals surface area (Å²) < 4.78 is 5.31. The van der Waals surface area contributed by atoms with Gasteiger partial charge in [0.25, 0.3) is 0 Å². The fourth-order valence-electron chi connectivity index (χ4n) is 3.38. The third-order valence-corrected chi connectivity index (χ3v) is 4.29. The normalized spacial score (nSPS) is 23.1. The van der Waals surface area contributed by atoms with E-state index in [2.05, 4.69) is 28.4 Å². The molecule has 1 unspecified atom stereocenters. The standard InChI is InChI=1S/C16H24N2O/c1-19-12-14-3-2-8-18(11-14)10-13-4-5-16-15(9-13)6-7-17-16/h4-5,9,14,17H,2-3,6-8,10-12H2,1H3. The zero-order valence-electron chi connectivity index (χ0n) is 11.8. The molecular weight excluding hydrogens is 236 g/mol. The first kappa shape index (κ1) is 12.9. The number of methoxy groups -OCH3 is 1. The van der Waals surface area contributed by atoms with Crippen molar-refractivity contribution in [1.82, 2.24) is 4.90 Å². The average Bonchev–Trinajstić information content (AvgIpc) is 2.87. The summed E-state index contributed by atoms with van der Waals surface area (Å²) in [5, 5.41) is 3.42. The van der Waals surface area contributed by atoms with Crippen LogP contribution < -0.4 is 5.32 Å². The number of benzene rings is 1. The van der Waals surface area contributed by atoms with Crippen molar-refractivity contribution in [1.29, 1.82) is 0 Å². The van der Waals surface area contributed by atoms with E-state index < -0.39 is 0 Å². The molecule has 0 bridgehead atoms. The molecule has 19 heavy (non-hydrogen) atoms. The van der Waals surface area contributed by atoms with Gasteiger partial charge in [-0.15, -0.1) is 0 Å². The van der Waals surface area contributed by atoms with Gasteiger partial charge < -0.3 is 10.1 Å². The predicted molar refractivity (Wildman–Crippen MR) is 78.5 cm³/mol. The van der Waals surface area contributed by atoms with Crippen LogP contribution in [0.2, 0.25) is 0 Å².